The summed E-state index contributed by atoms with van der Waals surface area (Å²) in [6, 6.07) is 0.765. The van der Waals surface area contributed by atoms with Gasteiger partial charge in [-0.25, -0.2) is 0 Å². The Morgan fingerprint density at radius 2 is 1.93 bits per heavy atom. The van der Waals surface area contributed by atoms with Crippen LogP contribution in [0.25, 0.3) is 0 Å². The van der Waals surface area contributed by atoms with Crippen LogP contribution in [0, 0.1) is 0 Å². The smallest absolute Gasteiger partial charge is 0.00644 e. The molecule has 1 unspecified atom stereocenters. The van der Waals surface area contributed by atoms with Gasteiger partial charge in [0.25, 0.3) is 0 Å². The SMILES string of the molecule is CCCNC(CC)CCCCSCC. The maximum atomic E-state index is 3.60. The Morgan fingerprint density at radius 3 is 2.50 bits per heavy atom. The minimum absolute atomic E-state index is 0.765. The van der Waals surface area contributed by atoms with Crippen molar-refractivity contribution in [2.45, 2.75) is 58.9 Å². The molecule has 0 fully saturated rings. The van der Waals surface area contributed by atoms with Crippen LogP contribution in [0.15, 0.2) is 0 Å². The molecule has 2 heteroatoms. The molecule has 0 aliphatic carbocycles. The van der Waals surface area contributed by atoms with E-state index < -0.39 is 0 Å². The monoisotopic (exact) mass is 217 g/mol. The third kappa shape index (κ3) is 8.89. The molecule has 0 aromatic heterocycles. The molecule has 0 rings (SSSR count). The van der Waals surface area contributed by atoms with Gasteiger partial charge in [-0.1, -0.05) is 27.2 Å². The fraction of sp³-hybridized carbons (Fsp3) is 1.00. The lowest BCUT2D eigenvalue weighted by molar-refractivity contribution is 0.454. The van der Waals surface area contributed by atoms with Gasteiger partial charge in [0.15, 0.2) is 0 Å². The van der Waals surface area contributed by atoms with Crippen molar-refractivity contribution in [2.75, 3.05) is 18.1 Å². The highest BCUT2D eigenvalue weighted by atomic mass is 32.2. The number of thioether (sulfide) groups is 1. The minimum atomic E-state index is 0.765. The van der Waals surface area contributed by atoms with Gasteiger partial charge in [-0.15, -0.1) is 0 Å². The van der Waals surface area contributed by atoms with Crippen LogP contribution < -0.4 is 5.32 Å². The van der Waals surface area contributed by atoms with Gasteiger partial charge < -0.3 is 5.32 Å². The highest BCUT2D eigenvalue weighted by molar-refractivity contribution is 7.99. The third-order valence-electron chi connectivity index (χ3n) is 2.47. The maximum Gasteiger partial charge on any atom is 0.00644 e. The van der Waals surface area contributed by atoms with Gasteiger partial charge in [-0.3, -0.25) is 0 Å². The highest BCUT2D eigenvalue weighted by Crippen LogP contribution is 2.08. The van der Waals surface area contributed by atoms with E-state index in [1.165, 1.54) is 50.2 Å². The average Bonchev–Trinajstić information content (AvgIpc) is 2.22. The summed E-state index contributed by atoms with van der Waals surface area (Å²) in [5, 5.41) is 3.60. The first-order valence-electron chi connectivity index (χ1n) is 6.16. The third-order valence-corrected chi connectivity index (χ3v) is 3.46. The summed E-state index contributed by atoms with van der Waals surface area (Å²) in [7, 11) is 0. The van der Waals surface area contributed by atoms with Crippen molar-refractivity contribution < 1.29 is 0 Å². The van der Waals surface area contributed by atoms with Crippen LogP contribution in [-0.4, -0.2) is 24.1 Å². The number of unbranched alkanes of at least 4 members (excludes halogenated alkanes) is 1. The zero-order valence-corrected chi connectivity index (χ0v) is 11.0. The first-order valence-corrected chi connectivity index (χ1v) is 7.31. The molecule has 0 aromatic rings. The number of rotatable bonds is 10. The number of hydrogen-bond donors (Lipinski definition) is 1. The highest BCUT2D eigenvalue weighted by Gasteiger charge is 2.03. The largest absolute Gasteiger partial charge is 0.314 e. The Bertz CT molecular complexity index is 106. The van der Waals surface area contributed by atoms with Gasteiger partial charge in [-0.2, -0.15) is 11.8 Å². The second-order valence-corrected chi connectivity index (χ2v) is 5.15. The molecule has 86 valence electrons. The van der Waals surface area contributed by atoms with E-state index in [0.717, 1.165) is 6.04 Å². The first-order chi connectivity index (χ1) is 6.85. The molecule has 0 aliphatic heterocycles. The van der Waals surface area contributed by atoms with Crippen molar-refractivity contribution in [3.63, 3.8) is 0 Å². The van der Waals surface area contributed by atoms with Crippen molar-refractivity contribution in [1.29, 1.82) is 0 Å². The molecule has 14 heavy (non-hydrogen) atoms. The van der Waals surface area contributed by atoms with Crippen molar-refractivity contribution >= 4 is 11.8 Å². The van der Waals surface area contributed by atoms with E-state index in [4.69, 9.17) is 0 Å². The van der Waals surface area contributed by atoms with Crippen LogP contribution in [0.2, 0.25) is 0 Å². The van der Waals surface area contributed by atoms with E-state index in [9.17, 15) is 0 Å². The van der Waals surface area contributed by atoms with E-state index in [0.29, 0.717) is 0 Å². The van der Waals surface area contributed by atoms with E-state index in [1.807, 2.05) is 0 Å². The molecule has 0 spiro atoms. The topological polar surface area (TPSA) is 12.0 Å². The Hall–Kier alpha value is 0.310. The van der Waals surface area contributed by atoms with E-state index in [-0.39, 0.29) is 0 Å². The summed E-state index contributed by atoms with van der Waals surface area (Å²) in [6.07, 6.45) is 6.68. The van der Waals surface area contributed by atoms with Crippen LogP contribution in [-0.2, 0) is 0 Å². The molecule has 0 saturated carbocycles. The standard InChI is InChI=1S/C12H27NS/c1-4-10-13-12(5-2)9-7-8-11-14-6-3/h12-13H,4-11H2,1-3H3. The van der Waals surface area contributed by atoms with Gasteiger partial charge >= 0.3 is 0 Å². The molecule has 0 bridgehead atoms. The zero-order chi connectivity index (χ0) is 10.6. The Balaban J connectivity index is 3.24. The quantitative estimate of drug-likeness (QED) is 0.560. The summed E-state index contributed by atoms with van der Waals surface area (Å²) < 4.78 is 0. The van der Waals surface area contributed by atoms with E-state index >= 15 is 0 Å². The van der Waals surface area contributed by atoms with Crippen molar-refractivity contribution in [3.8, 4) is 0 Å². The molecule has 0 amide bonds. The lowest BCUT2D eigenvalue weighted by atomic mass is 10.1. The lowest BCUT2D eigenvalue weighted by Gasteiger charge is -2.15. The Labute approximate surface area is 94.4 Å². The van der Waals surface area contributed by atoms with Crippen LogP contribution in [0.1, 0.15) is 52.9 Å². The molecule has 0 radical (unpaired) electrons. The Kier molecular flexibility index (Phi) is 11.6. The Morgan fingerprint density at radius 1 is 1.14 bits per heavy atom. The summed E-state index contributed by atoms with van der Waals surface area (Å²) in [5.41, 5.74) is 0. The molecule has 1 N–H and O–H groups in total. The van der Waals surface area contributed by atoms with Gasteiger partial charge in [0.2, 0.25) is 0 Å². The van der Waals surface area contributed by atoms with E-state index in [1.54, 1.807) is 0 Å². The second kappa shape index (κ2) is 11.4. The molecular formula is C12H27NS. The van der Waals surface area contributed by atoms with E-state index in [2.05, 4.69) is 37.8 Å². The predicted octanol–water partition coefficient (Wildman–Crippen LogP) is 3.69. The van der Waals surface area contributed by atoms with Crippen LogP contribution >= 0.6 is 11.8 Å². The van der Waals surface area contributed by atoms with Crippen molar-refractivity contribution in [1.82, 2.24) is 5.32 Å². The molecule has 0 aliphatic rings. The molecule has 0 heterocycles. The lowest BCUT2D eigenvalue weighted by Crippen LogP contribution is -2.28. The maximum absolute atomic E-state index is 3.60. The molecular weight excluding hydrogens is 190 g/mol. The minimum Gasteiger partial charge on any atom is -0.314 e. The summed E-state index contributed by atoms with van der Waals surface area (Å²) in [4.78, 5) is 0. The van der Waals surface area contributed by atoms with Crippen molar-refractivity contribution in [3.05, 3.63) is 0 Å². The van der Waals surface area contributed by atoms with Crippen LogP contribution in [0.3, 0.4) is 0 Å². The molecule has 1 atom stereocenters. The van der Waals surface area contributed by atoms with Crippen molar-refractivity contribution in [2.24, 2.45) is 0 Å². The molecule has 1 nitrogen and oxygen atoms in total. The summed E-state index contributed by atoms with van der Waals surface area (Å²) in [5.74, 6) is 2.62. The average molecular weight is 217 g/mol. The number of hydrogen-bond acceptors (Lipinski definition) is 2. The second-order valence-electron chi connectivity index (χ2n) is 3.75. The normalized spacial score (nSPS) is 13.1. The fourth-order valence-corrected chi connectivity index (χ4v) is 2.24. The molecule has 0 saturated heterocycles. The molecule has 0 aromatic carbocycles. The van der Waals surface area contributed by atoms with Gasteiger partial charge in [0.1, 0.15) is 0 Å². The summed E-state index contributed by atoms with van der Waals surface area (Å²) >= 11 is 2.06. The predicted molar refractivity (Wildman–Crippen MR) is 69.2 cm³/mol. The first kappa shape index (κ1) is 14.3. The number of nitrogens with one attached hydrogen (secondary N) is 1. The van der Waals surface area contributed by atoms with Crippen LogP contribution in [0.4, 0.5) is 0 Å². The zero-order valence-electron chi connectivity index (χ0n) is 10.1. The van der Waals surface area contributed by atoms with Gasteiger partial charge in [-0.05, 0) is 43.7 Å². The summed E-state index contributed by atoms with van der Waals surface area (Å²) in [6.45, 7) is 7.94. The van der Waals surface area contributed by atoms with Gasteiger partial charge in [0, 0.05) is 6.04 Å². The van der Waals surface area contributed by atoms with Crippen LogP contribution in [0.5, 0.6) is 0 Å². The fourth-order valence-electron chi connectivity index (χ4n) is 1.54. The van der Waals surface area contributed by atoms with Gasteiger partial charge in [0.05, 0.1) is 0 Å².